The van der Waals surface area contributed by atoms with Crippen LogP contribution >= 0.6 is 0 Å². The van der Waals surface area contributed by atoms with Crippen LogP contribution in [-0.2, 0) is 0 Å². The second-order valence-corrected chi connectivity index (χ2v) is 5.98. The van der Waals surface area contributed by atoms with Gasteiger partial charge in [0.2, 0.25) is 0 Å². The Morgan fingerprint density at radius 3 is 2.33 bits per heavy atom. The monoisotopic (exact) mass is 250 g/mol. The van der Waals surface area contributed by atoms with Crippen LogP contribution < -0.4 is 10.6 Å². The van der Waals surface area contributed by atoms with Gasteiger partial charge >= 0.3 is 0 Å². The Morgan fingerprint density at radius 1 is 1.28 bits per heavy atom. The first-order valence-electron chi connectivity index (χ1n) is 6.82. The van der Waals surface area contributed by atoms with Crippen LogP contribution in [0.5, 0.6) is 0 Å². The molecule has 0 atom stereocenters. The molecule has 0 aromatic heterocycles. The first-order valence-corrected chi connectivity index (χ1v) is 6.82. The summed E-state index contributed by atoms with van der Waals surface area (Å²) in [4.78, 5) is 0. The number of terminal acetylenes is 1. The minimum atomic E-state index is -0.00902. The first-order chi connectivity index (χ1) is 8.29. The van der Waals surface area contributed by atoms with Gasteiger partial charge in [-0.2, -0.15) is 0 Å². The minimum Gasteiger partial charge on any atom is -0.315 e. The van der Waals surface area contributed by atoms with Crippen LogP contribution in [0.25, 0.3) is 0 Å². The van der Waals surface area contributed by atoms with E-state index in [0.29, 0.717) is 0 Å². The molecule has 0 radical (unpaired) electrons. The lowest BCUT2D eigenvalue weighted by Crippen LogP contribution is -2.43. The van der Waals surface area contributed by atoms with E-state index < -0.39 is 0 Å². The van der Waals surface area contributed by atoms with Crippen molar-refractivity contribution in [3.05, 3.63) is 11.6 Å². The topological polar surface area (TPSA) is 24.1 Å². The van der Waals surface area contributed by atoms with Crippen LogP contribution in [0.1, 0.15) is 53.9 Å². The Labute approximate surface area is 114 Å². The third-order valence-corrected chi connectivity index (χ3v) is 3.67. The highest BCUT2D eigenvalue weighted by molar-refractivity contribution is 5.21. The van der Waals surface area contributed by atoms with Gasteiger partial charge in [0.1, 0.15) is 0 Å². The van der Waals surface area contributed by atoms with Crippen molar-refractivity contribution in [3.63, 3.8) is 0 Å². The predicted molar refractivity (Wildman–Crippen MR) is 81.7 cm³/mol. The number of allylic oxidation sites excluding steroid dienone is 1. The third-order valence-electron chi connectivity index (χ3n) is 3.67. The van der Waals surface area contributed by atoms with Gasteiger partial charge in [-0.1, -0.05) is 6.08 Å². The molecule has 2 nitrogen and oxygen atoms in total. The van der Waals surface area contributed by atoms with E-state index in [1.165, 1.54) is 5.57 Å². The van der Waals surface area contributed by atoms with E-state index in [-0.39, 0.29) is 11.1 Å². The minimum absolute atomic E-state index is 0.00902. The Bertz CT molecular complexity index is 306. The molecule has 0 unspecified atom stereocenters. The Kier molecular flexibility index (Phi) is 7.28. The summed E-state index contributed by atoms with van der Waals surface area (Å²) in [5, 5.41) is 6.93. The highest BCUT2D eigenvalue weighted by Gasteiger charge is 2.21. The summed E-state index contributed by atoms with van der Waals surface area (Å²) in [5.74, 6) is 2.73. The van der Waals surface area contributed by atoms with E-state index in [2.05, 4.69) is 57.2 Å². The average molecular weight is 250 g/mol. The van der Waals surface area contributed by atoms with Gasteiger partial charge in [0.25, 0.3) is 0 Å². The number of rotatable bonds is 8. The summed E-state index contributed by atoms with van der Waals surface area (Å²) in [6.07, 6.45) is 10.6. The lowest BCUT2D eigenvalue weighted by molar-refractivity contribution is 0.360. The van der Waals surface area contributed by atoms with Gasteiger partial charge in [0.05, 0.1) is 0 Å². The molecule has 0 saturated carbocycles. The van der Waals surface area contributed by atoms with E-state index >= 15 is 0 Å². The average Bonchev–Trinajstić information content (AvgIpc) is 2.31. The molecular formula is C16H30N2. The van der Waals surface area contributed by atoms with Gasteiger partial charge < -0.3 is 10.6 Å². The number of hydrogen-bond acceptors (Lipinski definition) is 2. The molecule has 2 heteroatoms. The molecule has 0 rings (SSSR count). The summed E-state index contributed by atoms with van der Waals surface area (Å²) in [6.45, 7) is 11.9. The van der Waals surface area contributed by atoms with Gasteiger partial charge in [-0.25, -0.2) is 0 Å². The van der Waals surface area contributed by atoms with E-state index in [1.54, 1.807) is 0 Å². The van der Waals surface area contributed by atoms with Crippen LogP contribution in [0.15, 0.2) is 11.6 Å². The lowest BCUT2D eigenvalue weighted by atomic mass is 9.90. The zero-order chi connectivity index (χ0) is 14.2. The fraction of sp³-hybridized carbons (Fsp3) is 0.750. The normalized spacial score (nSPS) is 13.5. The fourth-order valence-electron chi connectivity index (χ4n) is 1.96. The number of nitrogens with one attached hydrogen (secondary N) is 2. The van der Waals surface area contributed by atoms with Crippen molar-refractivity contribution >= 4 is 0 Å². The quantitative estimate of drug-likeness (QED) is 0.393. The molecule has 0 saturated heterocycles. The molecule has 0 aliphatic carbocycles. The van der Waals surface area contributed by atoms with Crippen LogP contribution in [0.2, 0.25) is 0 Å². The summed E-state index contributed by atoms with van der Waals surface area (Å²) in [7, 11) is 2.02. The van der Waals surface area contributed by atoms with Crippen molar-refractivity contribution in [2.45, 2.75) is 65.0 Å². The molecule has 0 aromatic rings. The molecule has 18 heavy (non-hydrogen) atoms. The Morgan fingerprint density at radius 2 is 1.89 bits per heavy atom. The maximum Gasteiger partial charge on any atom is 0.0345 e. The van der Waals surface area contributed by atoms with Crippen LogP contribution in [-0.4, -0.2) is 24.7 Å². The van der Waals surface area contributed by atoms with Gasteiger partial charge in [0.15, 0.2) is 0 Å². The van der Waals surface area contributed by atoms with Crippen LogP contribution in [0.4, 0.5) is 0 Å². The van der Waals surface area contributed by atoms with E-state index in [9.17, 15) is 0 Å². The molecule has 0 fully saturated rings. The lowest BCUT2D eigenvalue weighted by Gasteiger charge is -2.30. The van der Waals surface area contributed by atoms with Crippen LogP contribution in [0.3, 0.4) is 0 Å². The molecule has 0 bridgehead atoms. The van der Waals surface area contributed by atoms with Gasteiger partial charge in [-0.3, -0.25) is 0 Å². The molecule has 0 aliphatic heterocycles. The second kappa shape index (κ2) is 7.61. The molecule has 0 heterocycles. The van der Waals surface area contributed by atoms with Crippen molar-refractivity contribution < 1.29 is 0 Å². The zero-order valence-corrected chi connectivity index (χ0v) is 13.0. The maximum atomic E-state index is 5.40. The molecule has 2 N–H and O–H groups in total. The van der Waals surface area contributed by atoms with Gasteiger partial charge in [-0.05, 0) is 66.6 Å². The molecule has 0 aromatic carbocycles. The molecule has 0 amide bonds. The zero-order valence-electron chi connectivity index (χ0n) is 13.0. The smallest absolute Gasteiger partial charge is 0.0345 e. The van der Waals surface area contributed by atoms with Crippen molar-refractivity contribution in [2.24, 2.45) is 0 Å². The second-order valence-electron chi connectivity index (χ2n) is 5.98. The molecule has 104 valence electrons. The van der Waals surface area contributed by atoms with E-state index in [4.69, 9.17) is 6.42 Å². The van der Waals surface area contributed by atoms with Crippen molar-refractivity contribution in [2.75, 3.05) is 13.6 Å². The molecule has 0 spiro atoms. The van der Waals surface area contributed by atoms with E-state index in [1.807, 2.05) is 7.05 Å². The largest absolute Gasteiger partial charge is 0.315 e. The highest BCUT2D eigenvalue weighted by Crippen LogP contribution is 2.19. The summed E-state index contributed by atoms with van der Waals surface area (Å²) < 4.78 is 0. The molecular weight excluding hydrogens is 220 g/mol. The fourth-order valence-corrected chi connectivity index (χ4v) is 1.96. The van der Waals surface area contributed by atoms with Gasteiger partial charge in [0, 0.05) is 17.5 Å². The van der Waals surface area contributed by atoms with E-state index in [0.717, 1.165) is 25.8 Å². The Balaban J connectivity index is 4.17. The van der Waals surface area contributed by atoms with Crippen molar-refractivity contribution in [1.29, 1.82) is 0 Å². The summed E-state index contributed by atoms with van der Waals surface area (Å²) in [6, 6.07) is 0. The molecule has 0 aliphatic rings. The summed E-state index contributed by atoms with van der Waals surface area (Å²) in [5.41, 5.74) is 1.50. The highest BCUT2D eigenvalue weighted by atomic mass is 15.0. The Hall–Kier alpha value is -0.780. The predicted octanol–water partition coefficient (Wildman–Crippen LogP) is 3.10. The summed E-state index contributed by atoms with van der Waals surface area (Å²) >= 11 is 0. The SMILES string of the molecule is C#CC/C(=C/C)C(C)(C)NCCCC(C)(C)NC. The van der Waals surface area contributed by atoms with Crippen molar-refractivity contribution in [3.8, 4) is 12.3 Å². The third kappa shape index (κ3) is 6.23. The maximum absolute atomic E-state index is 5.40. The van der Waals surface area contributed by atoms with Crippen molar-refractivity contribution in [1.82, 2.24) is 10.6 Å². The standard InChI is InChI=1S/C16H30N2/c1-8-11-14(9-2)16(5,6)18-13-10-12-15(3,4)17-7/h1,9,17-18H,10-13H2,2-7H3/b14-9-. The van der Waals surface area contributed by atoms with Gasteiger partial charge in [-0.15, -0.1) is 12.3 Å². The number of hydrogen-bond donors (Lipinski definition) is 2. The van der Waals surface area contributed by atoms with Crippen LogP contribution in [0, 0.1) is 12.3 Å². The first kappa shape index (κ1) is 17.2.